The maximum Gasteiger partial charge on any atom is 0.490 e. The van der Waals surface area contributed by atoms with E-state index in [4.69, 9.17) is 29.3 Å². The largest absolute Gasteiger partial charge is 0.490 e. The molecule has 4 rings (SSSR count). The van der Waals surface area contributed by atoms with Crippen molar-refractivity contribution >= 4 is 11.9 Å². The van der Waals surface area contributed by atoms with E-state index < -0.39 is 24.3 Å². The lowest BCUT2D eigenvalue weighted by molar-refractivity contribution is -0.193. The first-order valence-corrected chi connectivity index (χ1v) is 12.4. The number of fused-ring (bicyclic) bond motifs is 1. The van der Waals surface area contributed by atoms with E-state index in [1.165, 1.54) is 37.9 Å². The van der Waals surface area contributed by atoms with Gasteiger partial charge in [0.15, 0.2) is 0 Å². The molecule has 0 aliphatic carbocycles. The molecule has 2 N–H and O–H groups in total. The standard InChI is InChI=1S/C19H32N4O2.2C2HF3O2/c1-21-13-16(12-20-21)14-23-9-6-19-18(23)5-4-17(25-19)15-24-11-10-22-7-2-3-8-22;2*3-2(4,5)1(6)7/h12-13,17-19H,2-11,14-15H2,1H3;2*(H,6,7)/t17-,18-,19-;;/m0../s1. The summed E-state index contributed by atoms with van der Waals surface area (Å²) < 4.78 is 77.6. The summed E-state index contributed by atoms with van der Waals surface area (Å²) in [7, 11) is 1.98. The summed E-state index contributed by atoms with van der Waals surface area (Å²) in [4.78, 5) is 22.9. The second kappa shape index (κ2) is 14.8. The van der Waals surface area contributed by atoms with E-state index in [9.17, 15) is 26.3 Å². The number of hydrogen-bond donors (Lipinski definition) is 2. The molecule has 0 aromatic carbocycles. The molecule has 4 heterocycles. The van der Waals surface area contributed by atoms with Gasteiger partial charge in [0.25, 0.3) is 0 Å². The zero-order valence-electron chi connectivity index (χ0n) is 21.5. The lowest BCUT2D eigenvalue weighted by Crippen LogP contribution is -2.43. The van der Waals surface area contributed by atoms with Gasteiger partial charge in [-0.25, -0.2) is 9.59 Å². The normalized spacial score (nSPS) is 23.8. The van der Waals surface area contributed by atoms with Crippen LogP contribution in [0, 0.1) is 0 Å². The van der Waals surface area contributed by atoms with Gasteiger partial charge in [0.2, 0.25) is 0 Å². The molecular formula is C23H34F6N4O6. The van der Waals surface area contributed by atoms with Crippen molar-refractivity contribution in [2.24, 2.45) is 7.05 Å². The molecule has 0 saturated carbocycles. The van der Waals surface area contributed by atoms with Crippen molar-refractivity contribution in [2.45, 2.75) is 69.3 Å². The zero-order chi connectivity index (χ0) is 29.2. The van der Waals surface area contributed by atoms with Crippen LogP contribution in [-0.4, -0.2) is 112 Å². The lowest BCUT2D eigenvalue weighted by Gasteiger charge is -2.36. The molecule has 16 heteroatoms. The highest BCUT2D eigenvalue weighted by atomic mass is 19.4. The van der Waals surface area contributed by atoms with Crippen LogP contribution in [-0.2, 0) is 32.7 Å². The van der Waals surface area contributed by atoms with Gasteiger partial charge in [-0.1, -0.05) is 0 Å². The summed E-state index contributed by atoms with van der Waals surface area (Å²) in [5.41, 5.74) is 1.30. The number of nitrogens with zero attached hydrogens (tertiary/aromatic N) is 4. The molecule has 3 saturated heterocycles. The number of carboxylic acids is 2. The number of ether oxygens (including phenoxy) is 2. The average molecular weight is 577 g/mol. The van der Waals surface area contributed by atoms with Crippen LogP contribution in [0.1, 0.15) is 37.7 Å². The number of carbonyl (C=O) groups is 2. The summed E-state index contributed by atoms with van der Waals surface area (Å²) in [6.45, 7) is 7.32. The minimum atomic E-state index is -5.08. The van der Waals surface area contributed by atoms with E-state index in [1.54, 1.807) is 0 Å². The molecule has 3 aliphatic heterocycles. The zero-order valence-corrected chi connectivity index (χ0v) is 21.5. The molecule has 0 unspecified atom stereocenters. The highest BCUT2D eigenvalue weighted by molar-refractivity contribution is 5.73. The second-order valence-electron chi connectivity index (χ2n) is 9.45. The van der Waals surface area contributed by atoms with Crippen molar-refractivity contribution in [1.82, 2.24) is 19.6 Å². The van der Waals surface area contributed by atoms with Gasteiger partial charge in [-0.15, -0.1) is 0 Å². The van der Waals surface area contributed by atoms with Crippen molar-refractivity contribution in [3.8, 4) is 0 Å². The molecule has 0 radical (unpaired) electrons. The second-order valence-corrected chi connectivity index (χ2v) is 9.45. The Balaban J connectivity index is 0.000000317. The highest BCUT2D eigenvalue weighted by Gasteiger charge is 2.40. The number of carboxylic acid groups (broad SMARTS) is 2. The predicted octanol–water partition coefficient (Wildman–Crippen LogP) is 2.92. The number of aryl methyl sites for hydroxylation is 1. The SMILES string of the molecule is Cn1cc(CN2CC[C@@H]3O[C@H](COCCN4CCCC4)CC[C@@H]32)cn1.O=C(O)C(F)(F)F.O=C(O)C(F)(F)F. The molecule has 10 nitrogen and oxygen atoms in total. The summed E-state index contributed by atoms with van der Waals surface area (Å²) in [6.07, 6.45) is 0.807. The third kappa shape index (κ3) is 11.7. The Morgan fingerprint density at radius 3 is 2.13 bits per heavy atom. The molecule has 1 aromatic heterocycles. The van der Waals surface area contributed by atoms with E-state index in [0.29, 0.717) is 12.1 Å². The minimum Gasteiger partial charge on any atom is -0.475 e. The molecule has 0 amide bonds. The fourth-order valence-electron chi connectivity index (χ4n) is 4.61. The van der Waals surface area contributed by atoms with Gasteiger partial charge in [0.05, 0.1) is 31.6 Å². The Hall–Kier alpha value is -2.43. The van der Waals surface area contributed by atoms with Crippen LogP contribution in [0.5, 0.6) is 0 Å². The van der Waals surface area contributed by atoms with Crippen LogP contribution in [0.2, 0.25) is 0 Å². The van der Waals surface area contributed by atoms with E-state index in [1.807, 2.05) is 17.9 Å². The van der Waals surface area contributed by atoms with Crippen LogP contribution in [0.3, 0.4) is 0 Å². The molecule has 1 aromatic rings. The summed E-state index contributed by atoms with van der Waals surface area (Å²) in [5.74, 6) is -5.51. The van der Waals surface area contributed by atoms with Gasteiger partial charge >= 0.3 is 24.3 Å². The highest BCUT2D eigenvalue weighted by Crippen LogP contribution is 2.32. The summed E-state index contributed by atoms with van der Waals surface area (Å²) in [5, 5.41) is 18.5. The minimum absolute atomic E-state index is 0.290. The Bertz CT molecular complexity index is 882. The number of halogens is 6. The fraction of sp³-hybridized carbons (Fsp3) is 0.783. The lowest BCUT2D eigenvalue weighted by atomic mass is 9.99. The first-order valence-electron chi connectivity index (χ1n) is 12.4. The van der Waals surface area contributed by atoms with Crippen LogP contribution in [0.25, 0.3) is 0 Å². The predicted molar refractivity (Wildman–Crippen MR) is 124 cm³/mol. The Labute approximate surface area is 221 Å². The van der Waals surface area contributed by atoms with Crippen molar-refractivity contribution < 1.29 is 55.6 Å². The molecule has 224 valence electrons. The summed E-state index contributed by atoms with van der Waals surface area (Å²) >= 11 is 0. The smallest absolute Gasteiger partial charge is 0.475 e. The molecule has 3 aliphatic rings. The third-order valence-corrected chi connectivity index (χ3v) is 6.43. The third-order valence-electron chi connectivity index (χ3n) is 6.43. The molecule has 0 bridgehead atoms. The van der Waals surface area contributed by atoms with Gasteiger partial charge in [-0.3, -0.25) is 9.58 Å². The molecular weight excluding hydrogens is 542 g/mol. The van der Waals surface area contributed by atoms with Gasteiger partial charge in [0, 0.05) is 44.5 Å². The van der Waals surface area contributed by atoms with Gasteiger partial charge in [-0.05, 0) is 45.2 Å². The van der Waals surface area contributed by atoms with E-state index in [2.05, 4.69) is 21.1 Å². The van der Waals surface area contributed by atoms with Gasteiger partial charge in [-0.2, -0.15) is 31.4 Å². The van der Waals surface area contributed by atoms with Gasteiger partial charge in [0.1, 0.15) is 0 Å². The van der Waals surface area contributed by atoms with Crippen LogP contribution in [0.15, 0.2) is 12.4 Å². The van der Waals surface area contributed by atoms with Crippen molar-refractivity contribution in [3.63, 3.8) is 0 Å². The number of aromatic nitrogens is 2. The number of rotatable bonds is 7. The first-order chi connectivity index (χ1) is 18.2. The molecule has 3 atom stereocenters. The Kier molecular flexibility index (Phi) is 12.5. The fourth-order valence-corrected chi connectivity index (χ4v) is 4.61. The number of aliphatic carboxylic acids is 2. The first kappa shape index (κ1) is 32.8. The monoisotopic (exact) mass is 576 g/mol. The molecule has 3 fully saturated rings. The number of likely N-dealkylation sites (tertiary alicyclic amines) is 2. The van der Waals surface area contributed by atoms with Gasteiger partial charge < -0.3 is 24.6 Å². The van der Waals surface area contributed by atoms with Crippen molar-refractivity contribution in [2.75, 3.05) is 39.4 Å². The van der Waals surface area contributed by atoms with E-state index >= 15 is 0 Å². The number of alkyl halides is 6. The maximum absolute atomic E-state index is 10.6. The van der Waals surface area contributed by atoms with Crippen molar-refractivity contribution in [3.05, 3.63) is 18.0 Å². The molecule has 39 heavy (non-hydrogen) atoms. The van der Waals surface area contributed by atoms with Crippen LogP contribution >= 0.6 is 0 Å². The van der Waals surface area contributed by atoms with Crippen molar-refractivity contribution in [1.29, 1.82) is 0 Å². The number of hydrogen-bond acceptors (Lipinski definition) is 7. The van der Waals surface area contributed by atoms with Crippen LogP contribution in [0.4, 0.5) is 26.3 Å². The summed E-state index contributed by atoms with van der Waals surface area (Å²) in [6, 6.07) is 0.570. The van der Waals surface area contributed by atoms with Crippen LogP contribution < -0.4 is 0 Å². The Morgan fingerprint density at radius 1 is 1.03 bits per heavy atom. The van der Waals surface area contributed by atoms with E-state index in [-0.39, 0.29) is 6.10 Å². The maximum atomic E-state index is 10.6. The Morgan fingerprint density at radius 2 is 1.62 bits per heavy atom. The molecule has 0 spiro atoms. The topological polar surface area (TPSA) is 117 Å². The van der Waals surface area contributed by atoms with E-state index in [0.717, 1.165) is 45.7 Å². The quantitative estimate of drug-likeness (QED) is 0.373. The average Bonchev–Trinajstić information content (AvgIpc) is 3.59.